The maximum absolute atomic E-state index is 11.6. The average Bonchev–Trinajstić information content (AvgIpc) is 2.43. The molecule has 1 atom stereocenters. The Morgan fingerprint density at radius 1 is 1.53 bits per heavy atom. The minimum atomic E-state index is -0.778. The molecule has 1 aromatic rings. The van der Waals surface area contributed by atoms with Gasteiger partial charge in [-0.3, -0.25) is 4.79 Å². The zero-order chi connectivity index (χ0) is 13.8. The van der Waals surface area contributed by atoms with Crippen LogP contribution in [0.4, 0.5) is 11.4 Å². The number of benzene rings is 1. The normalized spacial score (nSPS) is 15.8. The van der Waals surface area contributed by atoms with E-state index in [1.807, 2.05) is 18.2 Å². The van der Waals surface area contributed by atoms with Crippen LogP contribution in [-0.4, -0.2) is 41.9 Å². The molecule has 0 radical (unpaired) electrons. The number of aliphatic hydroxyl groups is 2. The Hall–Kier alpha value is -1.59. The quantitative estimate of drug-likeness (QED) is 0.750. The monoisotopic (exact) mass is 264 g/mol. The SMILES string of the molecule is CC(=O)N1CCCc2ccc(NCC(O)CO)cc21. The summed E-state index contributed by atoms with van der Waals surface area (Å²) in [5.74, 6) is 0.0495. The summed E-state index contributed by atoms with van der Waals surface area (Å²) < 4.78 is 0. The van der Waals surface area contributed by atoms with Crippen LogP contribution in [0.1, 0.15) is 18.9 Å². The summed E-state index contributed by atoms with van der Waals surface area (Å²) in [6.07, 6.45) is 1.20. The Morgan fingerprint density at radius 2 is 2.32 bits per heavy atom. The van der Waals surface area contributed by atoms with Crippen molar-refractivity contribution < 1.29 is 15.0 Å². The molecule has 0 bridgehead atoms. The first-order chi connectivity index (χ1) is 9.11. The van der Waals surface area contributed by atoms with Crippen LogP contribution in [0.2, 0.25) is 0 Å². The van der Waals surface area contributed by atoms with E-state index in [1.165, 1.54) is 5.56 Å². The zero-order valence-corrected chi connectivity index (χ0v) is 11.1. The van der Waals surface area contributed by atoms with E-state index in [4.69, 9.17) is 5.11 Å². The number of hydrogen-bond donors (Lipinski definition) is 3. The van der Waals surface area contributed by atoms with Crippen molar-refractivity contribution in [3.63, 3.8) is 0 Å². The topological polar surface area (TPSA) is 72.8 Å². The van der Waals surface area contributed by atoms with Gasteiger partial charge in [-0.25, -0.2) is 0 Å². The van der Waals surface area contributed by atoms with Gasteiger partial charge in [-0.1, -0.05) is 6.07 Å². The van der Waals surface area contributed by atoms with Crippen LogP contribution >= 0.6 is 0 Å². The second-order valence-corrected chi connectivity index (χ2v) is 4.83. The van der Waals surface area contributed by atoms with Gasteiger partial charge in [0.1, 0.15) is 0 Å². The van der Waals surface area contributed by atoms with E-state index in [1.54, 1.807) is 11.8 Å². The van der Waals surface area contributed by atoms with Crippen molar-refractivity contribution in [3.8, 4) is 0 Å². The molecular weight excluding hydrogens is 244 g/mol. The number of fused-ring (bicyclic) bond motifs is 1. The fourth-order valence-electron chi connectivity index (χ4n) is 2.31. The van der Waals surface area contributed by atoms with Crippen molar-refractivity contribution in [2.75, 3.05) is 29.9 Å². The third-order valence-electron chi connectivity index (χ3n) is 3.34. The fourth-order valence-corrected chi connectivity index (χ4v) is 2.31. The number of aliphatic hydroxyl groups excluding tert-OH is 2. The molecule has 5 nitrogen and oxygen atoms in total. The standard InChI is InChI=1S/C14H20N2O3/c1-10(18)16-6-2-3-11-4-5-12(7-14(11)16)15-8-13(19)9-17/h4-5,7,13,15,17,19H,2-3,6,8-9H2,1H3. The van der Waals surface area contributed by atoms with Gasteiger partial charge < -0.3 is 20.4 Å². The number of anilines is 2. The summed E-state index contributed by atoms with van der Waals surface area (Å²) in [5, 5.41) is 21.2. The van der Waals surface area contributed by atoms with E-state index in [9.17, 15) is 9.90 Å². The van der Waals surface area contributed by atoms with Gasteiger partial charge in [0.2, 0.25) is 5.91 Å². The van der Waals surface area contributed by atoms with Crippen molar-refractivity contribution in [2.45, 2.75) is 25.9 Å². The van der Waals surface area contributed by atoms with E-state index in [0.717, 1.165) is 30.8 Å². The van der Waals surface area contributed by atoms with Gasteiger partial charge in [0, 0.05) is 31.4 Å². The minimum absolute atomic E-state index is 0.0495. The summed E-state index contributed by atoms with van der Waals surface area (Å²) >= 11 is 0. The van der Waals surface area contributed by atoms with Crippen LogP contribution in [0.25, 0.3) is 0 Å². The number of hydrogen-bond acceptors (Lipinski definition) is 4. The Bertz CT molecular complexity index is 462. The highest BCUT2D eigenvalue weighted by Crippen LogP contribution is 2.30. The van der Waals surface area contributed by atoms with E-state index in [0.29, 0.717) is 0 Å². The Morgan fingerprint density at radius 3 is 3.00 bits per heavy atom. The average molecular weight is 264 g/mol. The summed E-state index contributed by atoms with van der Waals surface area (Å²) in [4.78, 5) is 13.4. The largest absolute Gasteiger partial charge is 0.394 e. The highest BCUT2D eigenvalue weighted by molar-refractivity contribution is 5.93. The lowest BCUT2D eigenvalue weighted by Crippen LogP contribution is -2.33. The first-order valence-corrected chi connectivity index (χ1v) is 6.55. The van der Waals surface area contributed by atoms with Crippen LogP contribution < -0.4 is 10.2 Å². The molecule has 1 heterocycles. The summed E-state index contributed by atoms with van der Waals surface area (Å²) in [6.45, 7) is 2.35. The molecule has 0 saturated heterocycles. The van der Waals surface area contributed by atoms with Crippen molar-refractivity contribution in [3.05, 3.63) is 23.8 Å². The van der Waals surface area contributed by atoms with Crippen molar-refractivity contribution >= 4 is 17.3 Å². The fraction of sp³-hybridized carbons (Fsp3) is 0.500. The molecule has 2 rings (SSSR count). The van der Waals surface area contributed by atoms with Gasteiger partial charge in [0.15, 0.2) is 0 Å². The molecule has 1 aliphatic rings. The van der Waals surface area contributed by atoms with Crippen LogP contribution in [0.15, 0.2) is 18.2 Å². The van der Waals surface area contributed by atoms with Gasteiger partial charge in [-0.2, -0.15) is 0 Å². The second-order valence-electron chi connectivity index (χ2n) is 4.83. The molecule has 0 saturated carbocycles. The molecule has 1 unspecified atom stereocenters. The molecule has 1 aliphatic heterocycles. The van der Waals surface area contributed by atoms with E-state index >= 15 is 0 Å². The highest BCUT2D eigenvalue weighted by Gasteiger charge is 2.20. The molecule has 5 heteroatoms. The number of amides is 1. The van der Waals surface area contributed by atoms with E-state index < -0.39 is 6.10 Å². The van der Waals surface area contributed by atoms with Gasteiger partial charge in [0.05, 0.1) is 12.7 Å². The number of nitrogens with one attached hydrogen (secondary N) is 1. The number of rotatable bonds is 4. The molecule has 0 spiro atoms. The molecule has 1 amide bonds. The number of carbonyl (C=O) groups excluding carboxylic acids is 1. The molecule has 0 aliphatic carbocycles. The van der Waals surface area contributed by atoms with Crippen molar-refractivity contribution in [1.29, 1.82) is 0 Å². The van der Waals surface area contributed by atoms with Gasteiger partial charge in [-0.15, -0.1) is 0 Å². The predicted molar refractivity (Wildman–Crippen MR) is 74.4 cm³/mol. The minimum Gasteiger partial charge on any atom is -0.394 e. The Kier molecular flexibility index (Phi) is 4.39. The number of nitrogens with zero attached hydrogens (tertiary/aromatic N) is 1. The molecular formula is C14H20N2O3. The lowest BCUT2D eigenvalue weighted by Gasteiger charge is -2.29. The van der Waals surface area contributed by atoms with E-state index in [2.05, 4.69) is 5.32 Å². The lowest BCUT2D eigenvalue weighted by atomic mass is 10.0. The van der Waals surface area contributed by atoms with Gasteiger partial charge in [-0.05, 0) is 30.5 Å². The van der Waals surface area contributed by atoms with E-state index in [-0.39, 0.29) is 19.1 Å². The molecule has 0 aromatic heterocycles. The van der Waals surface area contributed by atoms with Gasteiger partial charge >= 0.3 is 0 Å². The number of aryl methyl sites for hydroxylation is 1. The first-order valence-electron chi connectivity index (χ1n) is 6.55. The van der Waals surface area contributed by atoms with Crippen LogP contribution in [0.5, 0.6) is 0 Å². The van der Waals surface area contributed by atoms with Crippen LogP contribution in [0, 0.1) is 0 Å². The summed E-state index contributed by atoms with van der Waals surface area (Å²) in [5.41, 5.74) is 2.97. The van der Waals surface area contributed by atoms with Crippen LogP contribution in [0.3, 0.4) is 0 Å². The molecule has 0 fully saturated rings. The molecule has 1 aromatic carbocycles. The second kappa shape index (κ2) is 6.04. The lowest BCUT2D eigenvalue weighted by molar-refractivity contribution is -0.116. The number of carbonyl (C=O) groups is 1. The third kappa shape index (κ3) is 3.24. The summed E-state index contributed by atoms with van der Waals surface area (Å²) in [7, 11) is 0. The van der Waals surface area contributed by atoms with Crippen LogP contribution in [-0.2, 0) is 11.2 Å². The Labute approximate surface area is 112 Å². The van der Waals surface area contributed by atoms with Gasteiger partial charge in [0.25, 0.3) is 0 Å². The summed E-state index contributed by atoms with van der Waals surface area (Å²) in [6, 6.07) is 5.88. The first kappa shape index (κ1) is 13.8. The third-order valence-corrected chi connectivity index (χ3v) is 3.34. The molecule has 3 N–H and O–H groups in total. The van der Waals surface area contributed by atoms with Crippen molar-refractivity contribution in [1.82, 2.24) is 0 Å². The Balaban J connectivity index is 2.16. The smallest absolute Gasteiger partial charge is 0.223 e. The maximum atomic E-state index is 11.6. The predicted octanol–water partition coefficient (Wildman–Crippen LogP) is 0.751. The molecule has 104 valence electrons. The molecule has 19 heavy (non-hydrogen) atoms. The van der Waals surface area contributed by atoms with Crippen molar-refractivity contribution in [2.24, 2.45) is 0 Å². The maximum Gasteiger partial charge on any atom is 0.223 e. The zero-order valence-electron chi connectivity index (χ0n) is 11.1. The highest BCUT2D eigenvalue weighted by atomic mass is 16.3.